The number of hydrogen-bond donors (Lipinski definition) is 1. The number of anilines is 1. The zero-order chi connectivity index (χ0) is 12.0. The van der Waals surface area contributed by atoms with Crippen molar-refractivity contribution in [3.63, 3.8) is 0 Å². The van der Waals surface area contributed by atoms with Crippen LogP contribution in [0.1, 0.15) is 26.3 Å². The van der Waals surface area contributed by atoms with E-state index >= 15 is 0 Å². The molecular weight excluding hydrogens is 198 g/mol. The molecule has 3 heteroatoms. The van der Waals surface area contributed by atoms with Crippen molar-refractivity contribution in [1.29, 1.82) is 0 Å². The standard InChI is InChI=1S/C13H23N3/c1-5-14-13-7-6-12(8-15-13)10-16(4)9-11(2)3/h6-8,11H,5,9-10H2,1-4H3,(H,14,15). The lowest BCUT2D eigenvalue weighted by Gasteiger charge is -2.18. The first-order valence-electron chi connectivity index (χ1n) is 5.99. The van der Waals surface area contributed by atoms with Crippen molar-refractivity contribution in [2.45, 2.75) is 27.3 Å². The maximum atomic E-state index is 4.36. The predicted octanol–water partition coefficient (Wildman–Crippen LogP) is 2.60. The largest absolute Gasteiger partial charge is 0.370 e. The molecule has 1 aromatic heterocycles. The summed E-state index contributed by atoms with van der Waals surface area (Å²) >= 11 is 0. The van der Waals surface area contributed by atoms with Gasteiger partial charge >= 0.3 is 0 Å². The summed E-state index contributed by atoms with van der Waals surface area (Å²) in [7, 11) is 2.15. The summed E-state index contributed by atoms with van der Waals surface area (Å²) in [4.78, 5) is 6.69. The van der Waals surface area contributed by atoms with Crippen LogP contribution in [0.5, 0.6) is 0 Å². The summed E-state index contributed by atoms with van der Waals surface area (Å²) < 4.78 is 0. The van der Waals surface area contributed by atoms with Crippen LogP contribution in [0.15, 0.2) is 18.3 Å². The van der Waals surface area contributed by atoms with Gasteiger partial charge in [-0.15, -0.1) is 0 Å². The van der Waals surface area contributed by atoms with E-state index in [1.807, 2.05) is 12.3 Å². The van der Waals surface area contributed by atoms with Gasteiger partial charge in [-0.2, -0.15) is 0 Å². The van der Waals surface area contributed by atoms with E-state index in [1.165, 1.54) is 5.56 Å². The fraction of sp³-hybridized carbons (Fsp3) is 0.615. The quantitative estimate of drug-likeness (QED) is 0.800. The highest BCUT2D eigenvalue weighted by Gasteiger charge is 2.03. The minimum Gasteiger partial charge on any atom is -0.370 e. The number of nitrogens with zero attached hydrogens (tertiary/aromatic N) is 2. The van der Waals surface area contributed by atoms with Crippen molar-refractivity contribution >= 4 is 5.82 Å². The topological polar surface area (TPSA) is 28.2 Å². The molecule has 0 radical (unpaired) electrons. The minimum absolute atomic E-state index is 0.707. The van der Waals surface area contributed by atoms with Crippen LogP contribution >= 0.6 is 0 Å². The number of aromatic nitrogens is 1. The van der Waals surface area contributed by atoms with Gasteiger partial charge in [0.15, 0.2) is 0 Å². The lowest BCUT2D eigenvalue weighted by molar-refractivity contribution is 0.288. The Labute approximate surface area is 98.9 Å². The van der Waals surface area contributed by atoms with Crippen molar-refractivity contribution in [3.8, 4) is 0 Å². The molecule has 0 unspecified atom stereocenters. The number of nitrogens with one attached hydrogen (secondary N) is 1. The molecule has 0 aliphatic heterocycles. The molecule has 0 amide bonds. The fourth-order valence-corrected chi connectivity index (χ4v) is 1.80. The van der Waals surface area contributed by atoms with Gasteiger partial charge in [0.1, 0.15) is 5.82 Å². The van der Waals surface area contributed by atoms with Crippen molar-refractivity contribution in [3.05, 3.63) is 23.9 Å². The Hall–Kier alpha value is -1.09. The van der Waals surface area contributed by atoms with Crippen LogP contribution in [0.3, 0.4) is 0 Å². The summed E-state index contributed by atoms with van der Waals surface area (Å²) in [5.41, 5.74) is 1.27. The molecule has 0 aliphatic rings. The van der Waals surface area contributed by atoms with Gasteiger partial charge in [-0.3, -0.25) is 0 Å². The first-order chi connectivity index (χ1) is 7.61. The second-order valence-electron chi connectivity index (χ2n) is 4.67. The number of rotatable bonds is 6. The highest BCUT2D eigenvalue weighted by Crippen LogP contribution is 2.08. The second-order valence-corrected chi connectivity index (χ2v) is 4.67. The Morgan fingerprint density at radius 3 is 2.62 bits per heavy atom. The maximum Gasteiger partial charge on any atom is 0.125 e. The normalized spacial score (nSPS) is 11.1. The van der Waals surface area contributed by atoms with E-state index in [0.29, 0.717) is 5.92 Å². The van der Waals surface area contributed by atoms with Crippen LogP contribution < -0.4 is 5.32 Å². The fourth-order valence-electron chi connectivity index (χ4n) is 1.80. The van der Waals surface area contributed by atoms with Gasteiger partial charge in [0.05, 0.1) is 0 Å². The molecule has 0 fully saturated rings. The van der Waals surface area contributed by atoms with E-state index in [0.717, 1.165) is 25.5 Å². The van der Waals surface area contributed by atoms with E-state index in [1.54, 1.807) is 0 Å². The van der Waals surface area contributed by atoms with Gasteiger partial charge in [-0.1, -0.05) is 19.9 Å². The van der Waals surface area contributed by atoms with E-state index in [2.05, 4.69) is 49.1 Å². The minimum atomic E-state index is 0.707. The summed E-state index contributed by atoms with van der Waals surface area (Å²) in [5.74, 6) is 1.66. The second kappa shape index (κ2) is 6.48. The van der Waals surface area contributed by atoms with Gasteiger partial charge in [0.25, 0.3) is 0 Å². The lowest BCUT2D eigenvalue weighted by Crippen LogP contribution is -2.22. The van der Waals surface area contributed by atoms with E-state index < -0.39 is 0 Å². The summed E-state index contributed by atoms with van der Waals surface area (Å²) in [6.07, 6.45) is 1.95. The molecule has 0 spiro atoms. The van der Waals surface area contributed by atoms with Crippen molar-refractivity contribution < 1.29 is 0 Å². The lowest BCUT2D eigenvalue weighted by atomic mass is 10.2. The average molecular weight is 221 g/mol. The van der Waals surface area contributed by atoms with Crippen LogP contribution in [0.4, 0.5) is 5.82 Å². The Morgan fingerprint density at radius 1 is 1.38 bits per heavy atom. The van der Waals surface area contributed by atoms with E-state index in [-0.39, 0.29) is 0 Å². The van der Waals surface area contributed by atoms with Crippen LogP contribution in [0.2, 0.25) is 0 Å². The van der Waals surface area contributed by atoms with Crippen molar-refractivity contribution in [1.82, 2.24) is 9.88 Å². The first kappa shape index (κ1) is 13.0. The first-order valence-corrected chi connectivity index (χ1v) is 5.99. The zero-order valence-electron chi connectivity index (χ0n) is 10.8. The summed E-state index contributed by atoms with van der Waals surface area (Å²) in [6, 6.07) is 4.18. The molecule has 3 nitrogen and oxygen atoms in total. The molecule has 1 rings (SSSR count). The Bertz CT molecular complexity index is 293. The zero-order valence-corrected chi connectivity index (χ0v) is 10.8. The van der Waals surface area contributed by atoms with Crippen LogP contribution in [-0.2, 0) is 6.54 Å². The van der Waals surface area contributed by atoms with Gasteiger partial charge in [-0.05, 0) is 31.5 Å². The summed E-state index contributed by atoms with van der Waals surface area (Å²) in [5, 5.41) is 3.20. The monoisotopic (exact) mass is 221 g/mol. The van der Waals surface area contributed by atoms with Gasteiger partial charge in [-0.25, -0.2) is 4.98 Å². The molecule has 0 saturated carbocycles. The van der Waals surface area contributed by atoms with Crippen molar-refractivity contribution in [2.75, 3.05) is 25.5 Å². The van der Waals surface area contributed by atoms with Gasteiger partial charge in [0, 0.05) is 25.8 Å². The summed E-state index contributed by atoms with van der Waals surface area (Å²) in [6.45, 7) is 9.56. The predicted molar refractivity (Wildman–Crippen MR) is 69.6 cm³/mol. The SMILES string of the molecule is CCNc1ccc(CN(C)CC(C)C)cn1. The molecule has 0 bridgehead atoms. The molecule has 0 aromatic carbocycles. The Morgan fingerprint density at radius 2 is 2.12 bits per heavy atom. The molecule has 0 aliphatic carbocycles. The van der Waals surface area contributed by atoms with Crippen LogP contribution in [-0.4, -0.2) is 30.0 Å². The van der Waals surface area contributed by atoms with Crippen molar-refractivity contribution in [2.24, 2.45) is 5.92 Å². The molecule has 90 valence electrons. The molecule has 1 aromatic rings. The molecule has 0 atom stereocenters. The van der Waals surface area contributed by atoms with E-state index in [4.69, 9.17) is 0 Å². The van der Waals surface area contributed by atoms with Gasteiger partial charge < -0.3 is 10.2 Å². The maximum absolute atomic E-state index is 4.36. The third-order valence-electron chi connectivity index (χ3n) is 2.31. The average Bonchev–Trinajstić information content (AvgIpc) is 2.20. The highest BCUT2D eigenvalue weighted by atomic mass is 15.1. The van der Waals surface area contributed by atoms with Crippen LogP contribution in [0.25, 0.3) is 0 Å². The number of pyridine rings is 1. The van der Waals surface area contributed by atoms with E-state index in [9.17, 15) is 0 Å². The molecule has 16 heavy (non-hydrogen) atoms. The third-order valence-corrected chi connectivity index (χ3v) is 2.31. The Kier molecular flexibility index (Phi) is 5.26. The smallest absolute Gasteiger partial charge is 0.125 e. The molecule has 1 heterocycles. The molecule has 0 saturated heterocycles. The molecule has 1 N–H and O–H groups in total. The molecular formula is C13H23N3. The number of hydrogen-bond acceptors (Lipinski definition) is 3. The Balaban J connectivity index is 2.48. The third kappa shape index (κ3) is 4.62. The van der Waals surface area contributed by atoms with Gasteiger partial charge in [0.2, 0.25) is 0 Å². The highest BCUT2D eigenvalue weighted by molar-refractivity contribution is 5.35. The van der Waals surface area contributed by atoms with Crippen LogP contribution in [0, 0.1) is 5.92 Å².